The number of aromatic nitrogens is 1. The third kappa shape index (κ3) is 7.43. The maximum Gasteiger partial charge on any atom is 0.303 e. The standard InChI is InChI=1S/C30H35F4N3O3S/c1-36(2)26-18-35-25-5-4-19(40-3)14-21(25)28(26)22(31)6-7-30(17-27(38)39)8-10-37(11-9-30)12-13-41-20-15-23(32)29(34)24(33)16-20/h4-5,14-16,18,22H,6-13,17H2,1-3H3,(H,38,39)/t22-/m0/s1. The smallest absolute Gasteiger partial charge is 0.303 e. The number of nitrogens with zero attached hydrogens (tertiary/aromatic N) is 3. The lowest BCUT2D eigenvalue weighted by Gasteiger charge is -2.41. The molecule has 0 saturated carbocycles. The van der Waals surface area contributed by atoms with Crippen molar-refractivity contribution in [2.75, 3.05) is 51.5 Å². The molecule has 1 fully saturated rings. The molecule has 4 rings (SSSR count). The number of rotatable bonds is 12. The fourth-order valence-corrected chi connectivity index (χ4v) is 6.53. The Labute approximate surface area is 241 Å². The van der Waals surface area contributed by atoms with Gasteiger partial charge in [-0.2, -0.15) is 0 Å². The van der Waals surface area contributed by atoms with Gasteiger partial charge in [0.05, 0.1) is 30.9 Å². The highest BCUT2D eigenvalue weighted by molar-refractivity contribution is 7.99. The molecule has 1 aliphatic heterocycles. The van der Waals surface area contributed by atoms with Gasteiger partial charge < -0.3 is 19.6 Å². The first-order valence-electron chi connectivity index (χ1n) is 13.5. The van der Waals surface area contributed by atoms with Crippen molar-refractivity contribution in [2.24, 2.45) is 5.41 Å². The van der Waals surface area contributed by atoms with Crippen molar-refractivity contribution in [3.05, 3.63) is 59.5 Å². The lowest BCUT2D eigenvalue weighted by molar-refractivity contribution is -0.141. The summed E-state index contributed by atoms with van der Waals surface area (Å²) in [6.07, 6.45) is 2.07. The molecule has 0 amide bonds. The molecule has 2 aromatic carbocycles. The van der Waals surface area contributed by atoms with Gasteiger partial charge in [0.15, 0.2) is 17.5 Å². The van der Waals surface area contributed by atoms with Crippen molar-refractivity contribution in [3.8, 4) is 5.75 Å². The van der Waals surface area contributed by atoms with E-state index in [1.807, 2.05) is 19.0 Å². The molecule has 0 radical (unpaired) electrons. The molecule has 0 bridgehead atoms. The van der Waals surface area contributed by atoms with Crippen LogP contribution < -0.4 is 9.64 Å². The summed E-state index contributed by atoms with van der Waals surface area (Å²) in [7, 11) is 5.23. The van der Waals surface area contributed by atoms with Crippen molar-refractivity contribution in [1.82, 2.24) is 9.88 Å². The minimum atomic E-state index is -1.48. The molecule has 1 aliphatic rings. The van der Waals surface area contributed by atoms with Gasteiger partial charge in [-0.3, -0.25) is 9.78 Å². The highest BCUT2D eigenvalue weighted by atomic mass is 32.2. The highest BCUT2D eigenvalue weighted by Gasteiger charge is 2.37. The van der Waals surface area contributed by atoms with Crippen LogP contribution in [-0.4, -0.2) is 67.6 Å². The minimum absolute atomic E-state index is 0.0398. The van der Waals surface area contributed by atoms with Crippen molar-refractivity contribution < 1.29 is 32.2 Å². The van der Waals surface area contributed by atoms with Gasteiger partial charge in [0.25, 0.3) is 0 Å². The van der Waals surface area contributed by atoms with E-state index in [1.165, 1.54) is 11.8 Å². The number of anilines is 1. The predicted molar refractivity (Wildman–Crippen MR) is 153 cm³/mol. The fourth-order valence-electron chi connectivity index (χ4n) is 5.57. The number of pyridine rings is 1. The van der Waals surface area contributed by atoms with E-state index < -0.39 is 35.0 Å². The summed E-state index contributed by atoms with van der Waals surface area (Å²) in [6.45, 7) is 1.89. The number of methoxy groups -OCH3 is 1. The summed E-state index contributed by atoms with van der Waals surface area (Å²) in [5.74, 6) is -3.68. The van der Waals surface area contributed by atoms with Crippen LogP contribution in [0.3, 0.4) is 0 Å². The van der Waals surface area contributed by atoms with E-state index in [9.17, 15) is 23.1 Å². The zero-order valence-electron chi connectivity index (χ0n) is 23.4. The first-order valence-corrected chi connectivity index (χ1v) is 14.5. The molecule has 1 aromatic heterocycles. The number of fused-ring (bicyclic) bond motifs is 1. The Kier molecular flexibility index (Phi) is 10.0. The molecule has 222 valence electrons. The number of likely N-dealkylation sites (tertiary alicyclic amines) is 1. The molecule has 6 nitrogen and oxygen atoms in total. The first kappa shape index (κ1) is 30.9. The summed E-state index contributed by atoms with van der Waals surface area (Å²) >= 11 is 1.23. The zero-order valence-corrected chi connectivity index (χ0v) is 24.2. The first-order chi connectivity index (χ1) is 19.5. The van der Waals surface area contributed by atoms with Crippen LogP contribution in [0.4, 0.5) is 23.2 Å². The van der Waals surface area contributed by atoms with E-state index in [0.29, 0.717) is 77.4 Å². The second-order valence-corrected chi connectivity index (χ2v) is 12.0. The fraction of sp³-hybridized carbons (Fsp3) is 0.467. The number of benzene rings is 2. The summed E-state index contributed by atoms with van der Waals surface area (Å²) in [5.41, 5.74) is 1.31. The van der Waals surface area contributed by atoms with Gasteiger partial charge >= 0.3 is 5.97 Å². The van der Waals surface area contributed by atoms with Crippen molar-refractivity contribution in [1.29, 1.82) is 0 Å². The normalized spacial score (nSPS) is 16.1. The Bertz CT molecular complexity index is 1360. The largest absolute Gasteiger partial charge is 0.497 e. The van der Waals surface area contributed by atoms with Gasteiger partial charge in [0, 0.05) is 42.2 Å². The van der Waals surface area contributed by atoms with Crippen LogP contribution in [-0.2, 0) is 4.79 Å². The van der Waals surface area contributed by atoms with Gasteiger partial charge in [-0.05, 0) is 74.5 Å². The highest BCUT2D eigenvalue weighted by Crippen LogP contribution is 2.44. The van der Waals surface area contributed by atoms with Gasteiger partial charge in [0.2, 0.25) is 0 Å². The van der Waals surface area contributed by atoms with Crippen molar-refractivity contribution >= 4 is 34.3 Å². The van der Waals surface area contributed by atoms with Gasteiger partial charge in [-0.15, -0.1) is 11.8 Å². The summed E-state index contributed by atoms with van der Waals surface area (Å²) < 4.78 is 61.7. The average Bonchev–Trinajstić information content (AvgIpc) is 2.94. The van der Waals surface area contributed by atoms with E-state index in [4.69, 9.17) is 4.74 Å². The van der Waals surface area contributed by atoms with E-state index in [-0.39, 0.29) is 12.8 Å². The number of carbonyl (C=O) groups is 1. The maximum absolute atomic E-state index is 16.1. The molecule has 11 heteroatoms. The van der Waals surface area contributed by atoms with E-state index in [2.05, 4.69) is 9.88 Å². The second-order valence-electron chi connectivity index (χ2n) is 10.8. The van der Waals surface area contributed by atoms with Crippen LogP contribution in [0.25, 0.3) is 10.9 Å². The topological polar surface area (TPSA) is 65.9 Å². The molecule has 41 heavy (non-hydrogen) atoms. The SMILES string of the molecule is COc1ccc2ncc(N(C)C)c([C@@H](F)CCC3(CC(=O)O)CCN(CCSc4cc(F)c(F)c(F)c4)CC3)c2c1. The van der Waals surface area contributed by atoms with E-state index >= 15 is 4.39 Å². The quantitative estimate of drug-likeness (QED) is 0.140. The predicted octanol–water partition coefficient (Wildman–Crippen LogP) is 6.87. The van der Waals surface area contributed by atoms with Crippen LogP contribution in [0.2, 0.25) is 0 Å². The van der Waals surface area contributed by atoms with Crippen LogP contribution in [0.15, 0.2) is 41.4 Å². The molecular weight excluding hydrogens is 558 g/mol. The molecule has 3 aromatic rings. The number of ether oxygens (including phenoxy) is 1. The Balaban J connectivity index is 1.42. The van der Waals surface area contributed by atoms with Crippen molar-refractivity contribution in [3.63, 3.8) is 0 Å². The molecule has 1 atom stereocenters. The Morgan fingerprint density at radius 1 is 1.17 bits per heavy atom. The van der Waals surface area contributed by atoms with Crippen LogP contribution in [0, 0.1) is 22.9 Å². The number of thioether (sulfide) groups is 1. The third-order valence-corrected chi connectivity index (χ3v) is 8.85. The third-order valence-electron chi connectivity index (χ3n) is 7.90. The summed E-state index contributed by atoms with van der Waals surface area (Å²) in [4.78, 5) is 20.6. The summed E-state index contributed by atoms with van der Waals surface area (Å²) in [6, 6.07) is 7.33. The molecular formula is C30H35F4N3O3S. The molecule has 2 heterocycles. The number of alkyl halides is 1. The lowest BCUT2D eigenvalue weighted by atomic mass is 9.71. The molecule has 0 spiro atoms. The van der Waals surface area contributed by atoms with E-state index in [1.54, 1.807) is 31.5 Å². The van der Waals surface area contributed by atoms with E-state index in [0.717, 1.165) is 12.1 Å². The minimum Gasteiger partial charge on any atom is -0.497 e. The lowest BCUT2D eigenvalue weighted by Crippen LogP contribution is -2.42. The maximum atomic E-state index is 16.1. The Hall–Kier alpha value is -3.05. The van der Waals surface area contributed by atoms with Gasteiger partial charge in [-0.1, -0.05) is 0 Å². The second kappa shape index (κ2) is 13.3. The summed E-state index contributed by atoms with van der Waals surface area (Å²) in [5, 5.41) is 10.4. The number of carboxylic acids is 1. The monoisotopic (exact) mass is 593 g/mol. The molecule has 1 N–H and O–H groups in total. The molecule has 1 saturated heterocycles. The van der Waals surface area contributed by atoms with Crippen LogP contribution in [0.5, 0.6) is 5.75 Å². The van der Waals surface area contributed by atoms with Crippen LogP contribution >= 0.6 is 11.8 Å². The Morgan fingerprint density at radius 3 is 2.46 bits per heavy atom. The van der Waals surface area contributed by atoms with Crippen molar-refractivity contribution in [2.45, 2.75) is 43.2 Å². The number of aliphatic carboxylic acids is 1. The van der Waals surface area contributed by atoms with Crippen LogP contribution in [0.1, 0.15) is 43.8 Å². The number of halogens is 4. The average molecular weight is 594 g/mol. The zero-order chi connectivity index (χ0) is 29.7. The van der Waals surface area contributed by atoms with Gasteiger partial charge in [-0.25, -0.2) is 17.6 Å². The number of hydrogen-bond donors (Lipinski definition) is 1. The number of hydrogen-bond acceptors (Lipinski definition) is 6. The number of piperidine rings is 1. The molecule has 0 aliphatic carbocycles. The Morgan fingerprint density at radius 2 is 1.85 bits per heavy atom. The molecule has 0 unspecified atom stereocenters. The van der Waals surface area contributed by atoms with Gasteiger partial charge in [0.1, 0.15) is 11.9 Å². The number of carboxylic acid groups (broad SMARTS) is 1.